The fourth-order valence-electron chi connectivity index (χ4n) is 3.72. The van der Waals surface area contributed by atoms with Crippen LogP contribution in [0.4, 0.5) is 0 Å². The lowest BCUT2D eigenvalue weighted by atomic mass is 9.85. The Morgan fingerprint density at radius 2 is 1.85 bits per heavy atom. The van der Waals surface area contributed by atoms with E-state index in [0.717, 1.165) is 11.1 Å². The highest BCUT2D eigenvalue weighted by molar-refractivity contribution is 6.31. The first-order valence-electron chi connectivity index (χ1n) is 8.93. The Balaban J connectivity index is 2.06. The highest BCUT2D eigenvalue weighted by Crippen LogP contribution is 2.46. The van der Waals surface area contributed by atoms with E-state index in [1.54, 1.807) is 13.2 Å². The van der Waals surface area contributed by atoms with Gasteiger partial charge >= 0.3 is 0 Å². The molecule has 0 atom stereocenters. The third-order valence-electron chi connectivity index (χ3n) is 5.31. The van der Waals surface area contributed by atoms with Crippen LogP contribution in [0.15, 0.2) is 17.9 Å². The monoisotopic (exact) mass is 396 g/mol. The van der Waals surface area contributed by atoms with Crippen LogP contribution < -0.4 is 0 Å². The maximum Gasteiger partial charge on any atom is 0.282 e. The Kier molecular flexibility index (Phi) is 5.79. The molecule has 2 aliphatic rings. The Morgan fingerprint density at radius 1 is 1.19 bits per heavy atom. The lowest BCUT2D eigenvalue weighted by molar-refractivity contribution is -0.231. The molecule has 0 aromatic heterocycles. The van der Waals surface area contributed by atoms with Crippen LogP contribution in [-0.4, -0.2) is 65.3 Å². The SMILES string of the molecule is COCCON1C(=O)C(c2cc(C)c(Cl)cc2C)=C(O)C12CCN(O)CC2. The average molecular weight is 397 g/mol. The Hall–Kier alpha value is -1.64. The van der Waals surface area contributed by atoms with Crippen molar-refractivity contribution in [2.45, 2.75) is 32.2 Å². The van der Waals surface area contributed by atoms with E-state index in [1.165, 1.54) is 10.1 Å². The first-order chi connectivity index (χ1) is 12.8. The number of aliphatic hydroxyl groups excluding tert-OH is 1. The number of benzene rings is 1. The summed E-state index contributed by atoms with van der Waals surface area (Å²) >= 11 is 6.19. The summed E-state index contributed by atoms with van der Waals surface area (Å²) in [6.07, 6.45) is 0.729. The summed E-state index contributed by atoms with van der Waals surface area (Å²) < 4.78 is 5.01. The fourth-order valence-corrected chi connectivity index (χ4v) is 3.94. The number of ether oxygens (including phenoxy) is 1. The van der Waals surface area contributed by atoms with Crippen molar-refractivity contribution >= 4 is 23.1 Å². The van der Waals surface area contributed by atoms with Crippen LogP contribution in [0.3, 0.4) is 0 Å². The van der Waals surface area contributed by atoms with Crippen molar-refractivity contribution in [2.24, 2.45) is 0 Å². The number of aliphatic hydroxyl groups is 1. The molecule has 0 bridgehead atoms. The molecule has 27 heavy (non-hydrogen) atoms. The normalized spacial score (nSPS) is 20.2. The van der Waals surface area contributed by atoms with Crippen molar-refractivity contribution in [2.75, 3.05) is 33.4 Å². The van der Waals surface area contributed by atoms with Crippen LogP contribution in [0.1, 0.15) is 29.5 Å². The van der Waals surface area contributed by atoms with Crippen LogP contribution >= 0.6 is 11.6 Å². The molecule has 0 aliphatic carbocycles. The van der Waals surface area contributed by atoms with Gasteiger partial charge in [0.15, 0.2) is 0 Å². The molecule has 2 heterocycles. The molecule has 1 amide bonds. The van der Waals surface area contributed by atoms with E-state index in [1.807, 2.05) is 19.9 Å². The summed E-state index contributed by atoms with van der Waals surface area (Å²) in [5, 5.41) is 24.0. The number of nitrogens with zero attached hydrogens (tertiary/aromatic N) is 2. The lowest BCUT2D eigenvalue weighted by Gasteiger charge is -2.41. The van der Waals surface area contributed by atoms with Gasteiger partial charge in [-0.1, -0.05) is 11.6 Å². The molecule has 1 aromatic rings. The molecule has 7 nitrogen and oxygen atoms in total. The topological polar surface area (TPSA) is 82.5 Å². The van der Waals surface area contributed by atoms with Crippen molar-refractivity contribution in [3.63, 3.8) is 0 Å². The second kappa shape index (κ2) is 7.77. The van der Waals surface area contributed by atoms with E-state index >= 15 is 0 Å². The summed E-state index contributed by atoms with van der Waals surface area (Å²) in [5.41, 5.74) is 1.51. The maximum atomic E-state index is 13.2. The number of carbonyl (C=O) groups excluding carboxylic acids is 1. The molecule has 0 radical (unpaired) electrons. The Morgan fingerprint density at radius 3 is 2.48 bits per heavy atom. The number of amides is 1. The summed E-state index contributed by atoms with van der Waals surface area (Å²) in [4.78, 5) is 19.0. The smallest absolute Gasteiger partial charge is 0.282 e. The molecule has 1 spiro atoms. The Bertz CT molecular complexity index is 772. The molecule has 0 unspecified atom stereocenters. The van der Waals surface area contributed by atoms with Gasteiger partial charge in [-0.15, -0.1) is 0 Å². The molecule has 2 N–H and O–H groups in total. The predicted molar refractivity (Wildman–Crippen MR) is 100 cm³/mol. The third-order valence-corrected chi connectivity index (χ3v) is 5.72. The fraction of sp³-hybridized carbons (Fsp3) is 0.526. The number of piperidine rings is 1. The van der Waals surface area contributed by atoms with Gasteiger partial charge in [-0.25, -0.2) is 5.06 Å². The van der Waals surface area contributed by atoms with E-state index in [0.29, 0.717) is 43.1 Å². The van der Waals surface area contributed by atoms with Crippen LogP contribution in [-0.2, 0) is 14.4 Å². The maximum absolute atomic E-state index is 13.2. The van der Waals surface area contributed by atoms with Crippen molar-refractivity contribution in [1.29, 1.82) is 0 Å². The second-order valence-corrected chi connectivity index (χ2v) is 7.46. The Labute approximate surface area is 163 Å². The number of hydrogen-bond donors (Lipinski definition) is 2. The number of hydrogen-bond acceptors (Lipinski definition) is 6. The largest absolute Gasteiger partial charge is 0.509 e. The number of rotatable bonds is 5. The molecule has 1 aromatic carbocycles. The molecule has 1 fully saturated rings. The van der Waals surface area contributed by atoms with Crippen LogP contribution in [0.25, 0.3) is 5.57 Å². The van der Waals surface area contributed by atoms with Gasteiger partial charge in [-0.05, 0) is 55.5 Å². The van der Waals surface area contributed by atoms with Crippen molar-refractivity contribution in [3.8, 4) is 0 Å². The molecular formula is C19H25ClN2O5. The van der Waals surface area contributed by atoms with Crippen LogP contribution in [0.5, 0.6) is 0 Å². The molecule has 0 saturated carbocycles. The molecule has 148 valence electrons. The molecule has 8 heteroatoms. The first kappa shape index (κ1) is 20.1. The van der Waals surface area contributed by atoms with Gasteiger partial charge in [0.25, 0.3) is 5.91 Å². The summed E-state index contributed by atoms with van der Waals surface area (Å²) in [6, 6.07) is 3.60. The number of hydroxylamine groups is 4. The standard InChI is InChI=1S/C19H25ClN2O5/c1-12-11-15(20)13(2)10-14(12)16-17(23)19(4-6-21(25)7-5-19)22(18(16)24)27-9-8-26-3/h10-11,23,25H,4-9H2,1-3H3. The third kappa shape index (κ3) is 3.46. The van der Waals surface area contributed by atoms with Gasteiger partial charge in [-0.3, -0.25) is 9.63 Å². The summed E-state index contributed by atoms with van der Waals surface area (Å²) in [5.74, 6) is -0.400. The first-order valence-corrected chi connectivity index (χ1v) is 9.30. The van der Waals surface area contributed by atoms with E-state index in [9.17, 15) is 15.1 Å². The lowest BCUT2D eigenvalue weighted by Crippen LogP contribution is -2.54. The van der Waals surface area contributed by atoms with Gasteiger partial charge in [0.1, 0.15) is 11.3 Å². The highest BCUT2D eigenvalue weighted by Gasteiger charge is 2.55. The van der Waals surface area contributed by atoms with Gasteiger partial charge in [0.2, 0.25) is 0 Å². The van der Waals surface area contributed by atoms with Crippen LogP contribution in [0, 0.1) is 13.8 Å². The molecular weight excluding hydrogens is 372 g/mol. The molecule has 2 aliphatic heterocycles. The second-order valence-electron chi connectivity index (χ2n) is 7.05. The van der Waals surface area contributed by atoms with E-state index in [-0.39, 0.29) is 23.8 Å². The number of carbonyl (C=O) groups is 1. The van der Waals surface area contributed by atoms with Gasteiger partial charge in [0.05, 0.1) is 18.8 Å². The number of aryl methyl sites for hydroxylation is 2. The van der Waals surface area contributed by atoms with Gasteiger partial charge in [-0.2, -0.15) is 5.06 Å². The molecule has 1 saturated heterocycles. The minimum Gasteiger partial charge on any atom is -0.509 e. The van der Waals surface area contributed by atoms with Crippen molar-refractivity contribution in [3.05, 3.63) is 39.6 Å². The minimum absolute atomic E-state index is 0.0113. The quantitative estimate of drug-likeness (QED) is 0.745. The zero-order valence-electron chi connectivity index (χ0n) is 15.8. The predicted octanol–water partition coefficient (Wildman–Crippen LogP) is 2.87. The van der Waals surface area contributed by atoms with Crippen molar-refractivity contribution < 1.29 is 24.7 Å². The summed E-state index contributed by atoms with van der Waals surface area (Å²) in [6.45, 7) is 4.87. The van der Waals surface area contributed by atoms with Gasteiger partial charge in [0, 0.05) is 25.2 Å². The number of methoxy groups -OCH3 is 1. The minimum atomic E-state index is -0.987. The highest BCUT2D eigenvalue weighted by atomic mass is 35.5. The van der Waals surface area contributed by atoms with E-state index < -0.39 is 5.54 Å². The van der Waals surface area contributed by atoms with Crippen molar-refractivity contribution in [1.82, 2.24) is 10.1 Å². The zero-order chi connectivity index (χ0) is 19.8. The molecule has 3 rings (SSSR count). The summed E-state index contributed by atoms with van der Waals surface area (Å²) in [7, 11) is 1.55. The number of halogens is 1. The van der Waals surface area contributed by atoms with Crippen LogP contribution in [0.2, 0.25) is 5.02 Å². The van der Waals surface area contributed by atoms with Gasteiger partial charge < -0.3 is 15.1 Å². The van der Waals surface area contributed by atoms with E-state index in [2.05, 4.69) is 0 Å². The zero-order valence-corrected chi connectivity index (χ0v) is 16.5. The average Bonchev–Trinajstić information content (AvgIpc) is 2.82. The van der Waals surface area contributed by atoms with E-state index in [4.69, 9.17) is 21.2 Å².